The van der Waals surface area contributed by atoms with Crippen molar-refractivity contribution in [3.05, 3.63) is 30.6 Å². The molecule has 0 aliphatic carbocycles. The first-order valence-electron chi connectivity index (χ1n) is 7.07. The largest absolute Gasteiger partial charge is 0.352 e. The lowest BCUT2D eigenvalue weighted by Crippen LogP contribution is -2.46. The van der Waals surface area contributed by atoms with Crippen molar-refractivity contribution in [2.75, 3.05) is 24.5 Å². The molecule has 1 fully saturated rings. The summed E-state index contributed by atoms with van der Waals surface area (Å²) in [5.41, 5.74) is 1.02. The van der Waals surface area contributed by atoms with Crippen molar-refractivity contribution < 1.29 is 0 Å². The van der Waals surface area contributed by atoms with Gasteiger partial charge in [-0.3, -0.25) is 0 Å². The third-order valence-corrected chi connectivity index (χ3v) is 3.85. The number of rotatable bonds is 3. The summed E-state index contributed by atoms with van der Waals surface area (Å²) in [6, 6.07) is 8.79. The van der Waals surface area contributed by atoms with Gasteiger partial charge in [0, 0.05) is 24.5 Å². The van der Waals surface area contributed by atoms with Crippen LogP contribution < -0.4 is 10.2 Å². The smallest absolute Gasteiger partial charge is 0.140 e. The molecule has 4 nitrogen and oxygen atoms in total. The summed E-state index contributed by atoms with van der Waals surface area (Å²) in [5.74, 6) is 1.07. The number of piperidine rings is 1. The second kappa shape index (κ2) is 5.53. The molecule has 0 saturated carbocycles. The van der Waals surface area contributed by atoms with Crippen LogP contribution in [-0.2, 0) is 0 Å². The van der Waals surface area contributed by atoms with E-state index in [1.54, 1.807) is 6.33 Å². The third kappa shape index (κ3) is 2.40. The fraction of sp³-hybridized carbons (Fsp3) is 0.467. The minimum Gasteiger partial charge on any atom is -0.352 e. The molecule has 19 heavy (non-hydrogen) atoms. The van der Waals surface area contributed by atoms with E-state index in [-0.39, 0.29) is 0 Å². The topological polar surface area (TPSA) is 41.1 Å². The highest BCUT2D eigenvalue weighted by molar-refractivity contribution is 5.89. The van der Waals surface area contributed by atoms with Crippen LogP contribution in [0.2, 0.25) is 0 Å². The van der Waals surface area contributed by atoms with Crippen LogP contribution in [0.3, 0.4) is 0 Å². The lowest BCUT2D eigenvalue weighted by atomic mass is 10.1. The van der Waals surface area contributed by atoms with E-state index in [4.69, 9.17) is 0 Å². The van der Waals surface area contributed by atoms with Crippen LogP contribution in [0.4, 0.5) is 5.82 Å². The Kier molecular flexibility index (Phi) is 3.60. The Labute approximate surface area is 113 Å². The van der Waals surface area contributed by atoms with Gasteiger partial charge in [0.1, 0.15) is 12.1 Å². The Balaban J connectivity index is 2.00. The number of hydrogen-bond donors (Lipinski definition) is 1. The molecule has 100 valence electrons. The van der Waals surface area contributed by atoms with Crippen molar-refractivity contribution >= 4 is 16.7 Å². The summed E-state index contributed by atoms with van der Waals surface area (Å²) in [7, 11) is 0. The van der Waals surface area contributed by atoms with Crippen LogP contribution in [0, 0.1) is 0 Å². The normalized spacial score (nSPS) is 19.5. The van der Waals surface area contributed by atoms with E-state index in [0.29, 0.717) is 6.04 Å². The average molecular weight is 256 g/mol. The molecular weight excluding hydrogens is 236 g/mol. The first kappa shape index (κ1) is 12.4. The van der Waals surface area contributed by atoms with Crippen LogP contribution in [0.15, 0.2) is 30.6 Å². The molecule has 1 N–H and O–H groups in total. The molecule has 1 unspecified atom stereocenters. The number of nitrogens with one attached hydrogen (secondary N) is 1. The molecule has 1 aliphatic heterocycles. The Morgan fingerprint density at radius 1 is 1.32 bits per heavy atom. The first-order valence-corrected chi connectivity index (χ1v) is 7.07. The van der Waals surface area contributed by atoms with E-state index >= 15 is 0 Å². The Hall–Kier alpha value is -1.68. The highest BCUT2D eigenvalue weighted by Gasteiger charge is 2.22. The third-order valence-electron chi connectivity index (χ3n) is 3.85. The van der Waals surface area contributed by atoms with E-state index < -0.39 is 0 Å². The highest BCUT2D eigenvalue weighted by Crippen LogP contribution is 2.25. The number of anilines is 1. The SMILES string of the molecule is CCN(c1ncnc2ccccc12)C1CCCNC1. The lowest BCUT2D eigenvalue weighted by Gasteiger charge is -2.35. The zero-order chi connectivity index (χ0) is 13.1. The van der Waals surface area contributed by atoms with Crippen molar-refractivity contribution in [1.29, 1.82) is 0 Å². The summed E-state index contributed by atoms with van der Waals surface area (Å²) in [6.45, 7) is 5.36. The van der Waals surface area contributed by atoms with Crippen molar-refractivity contribution in [2.24, 2.45) is 0 Å². The standard InChI is InChI=1S/C15H20N4/c1-2-19(12-6-5-9-16-10-12)15-13-7-3-4-8-14(13)17-11-18-15/h3-4,7-8,11-12,16H,2,5-6,9-10H2,1H3. The minimum absolute atomic E-state index is 0.539. The molecule has 2 aromatic rings. The number of nitrogens with zero attached hydrogens (tertiary/aromatic N) is 3. The van der Waals surface area contributed by atoms with Gasteiger partial charge in [0.15, 0.2) is 0 Å². The lowest BCUT2D eigenvalue weighted by molar-refractivity contribution is 0.434. The van der Waals surface area contributed by atoms with Gasteiger partial charge in [0.2, 0.25) is 0 Å². The molecule has 4 heteroatoms. The van der Waals surface area contributed by atoms with Crippen LogP contribution >= 0.6 is 0 Å². The predicted molar refractivity (Wildman–Crippen MR) is 78.4 cm³/mol. The van der Waals surface area contributed by atoms with Crippen molar-refractivity contribution in [2.45, 2.75) is 25.8 Å². The van der Waals surface area contributed by atoms with Crippen LogP contribution in [0.5, 0.6) is 0 Å². The second-order valence-electron chi connectivity index (χ2n) is 5.00. The zero-order valence-corrected chi connectivity index (χ0v) is 11.3. The zero-order valence-electron chi connectivity index (χ0n) is 11.3. The van der Waals surface area contributed by atoms with Gasteiger partial charge in [-0.2, -0.15) is 0 Å². The minimum atomic E-state index is 0.539. The second-order valence-corrected chi connectivity index (χ2v) is 5.00. The summed E-state index contributed by atoms with van der Waals surface area (Å²) >= 11 is 0. The monoisotopic (exact) mass is 256 g/mol. The first-order chi connectivity index (χ1) is 9.40. The maximum atomic E-state index is 4.54. The molecule has 1 aromatic heterocycles. The van der Waals surface area contributed by atoms with Gasteiger partial charge in [-0.25, -0.2) is 9.97 Å². The fourth-order valence-electron chi connectivity index (χ4n) is 2.90. The molecule has 3 rings (SSSR count). The van der Waals surface area contributed by atoms with Gasteiger partial charge in [0.05, 0.1) is 5.52 Å². The maximum Gasteiger partial charge on any atom is 0.140 e. The number of aromatic nitrogens is 2. The summed E-state index contributed by atoms with van der Waals surface area (Å²) in [5, 5.41) is 4.63. The number of benzene rings is 1. The molecule has 1 aromatic carbocycles. The van der Waals surface area contributed by atoms with Gasteiger partial charge < -0.3 is 10.2 Å². The molecule has 2 heterocycles. The number of fused-ring (bicyclic) bond motifs is 1. The summed E-state index contributed by atoms with van der Waals surface area (Å²) < 4.78 is 0. The number of likely N-dealkylation sites (N-methyl/N-ethyl adjacent to an activating group) is 1. The Bertz CT molecular complexity index is 543. The summed E-state index contributed by atoms with van der Waals surface area (Å²) in [6.07, 6.45) is 4.15. The molecule has 0 amide bonds. The van der Waals surface area contributed by atoms with E-state index in [9.17, 15) is 0 Å². The van der Waals surface area contributed by atoms with Crippen LogP contribution in [0.25, 0.3) is 10.9 Å². The molecule has 0 spiro atoms. The maximum absolute atomic E-state index is 4.54. The van der Waals surface area contributed by atoms with E-state index in [1.165, 1.54) is 12.8 Å². The van der Waals surface area contributed by atoms with E-state index in [1.807, 2.05) is 12.1 Å². The van der Waals surface area contributed by atoms with Crippen molar-refractivity contribution in [1.82, 2.24) is 15.3 Å². The molecule has 0 radical (unpaired) electrons. The molecular formula is C15H20N4. The number of hydrogen-bond acceptors (Lipinski definition) is 4. The molecule has 1 aliphatic rings. The van der Waals surface area contributed by atoms with Crippen molar-refractivity contribution in [3.8, 4) is 0 Å². The summed E-state index contributed by atoms with van der Waals surface area (Å²) in [4.78, 5) is 11.3. The molecule has 1 atom stereocenters. The van der Waals surface area contributed by atoms with Crippen molar-refractivity contribution in [3.63, 3.8) is 0 Å². The quantitative estimate of drug-likeness (QED) is 0.914. The highest BCUT2D eigenvalue weighted by atomic mass is 15.2. The molecule has 1 saturated heterocycles. The predicted octanol–water partition coefficient (Wildman–Crippen LogP) is 2.21. The van der Waals surface area contributed by atoms with Gasteiger partial charge in [-0.1, -0.05) is 12.1 Å². The van der Waals surface area contributed by atoms with Gasteiger partial charge in [-0.05, 0) is 38.4 Å². The molecule has 0 bridgehead atoms. The van der Waals surface area contributed by atoms with E-state index in [0.717, 1.165) is 36.4 Å². The fourth-order valence-corrected chi connectivity index (χ4v) is 2.90. The van der Waals surface area contributed by atoms with Crippen LogP contribution in [-0.4, -0.2) is 35.6 Å². The number of para-hydroxylation sites is 1. The van der Waals surface area contributed by atoms with Crippen LogP contribution in [0.1, 0.15) is 19.8 Å². The Morgan fingerprint density at radius 3 is 3.00 bits per heavy atom. The van der Waals surface area contributed by atoms with E-state index in [2.05, 4.69) is 39.2 Å². The van der Waals surface area contributed by atoms with Gasteiger partial charge >= 0.3 is 0 Å². The van der Waals surface area contributed by atoms with Gasteiger partial charge in [-0.15, -0.1) is 0 Å². The Morgan fingerprint density at radius 2 is 2.21 bits per heavy atom. The average Bonchev–Trinajstić information content (AvgIpc) is 2.49. The van der Waals surface area contributed by atoms with Gasteiger partial charge in [0.25, 0.3) is 0 Å².